The molecule has 1 unspecified atom stereocenters. The highest BCUT2D eigenvalue weighted by atomic mass is 16.5. The zero-order chi connectivity index (χ0) is 16.2. The molecule has 1 heterocycles. The number of anilines is 1. The number of nitrogens with one attached hydrogen (secondary N) is 1. The summed E-state index contributed by atoms with van der Waals surface area (Å²) in [5.41, 5.74) is 8.94. The molecule has 3 N–H and O–H groups in total. The Morgan fingerprint density at radius 3 is 3.17 bits per heavy atom. The van der Waals surface area contributed by atoms with Crippen LogP contribution in [-0.4, -0.2) is 22.7 Å². The molecule has 1 atom stereocenters. The second-order valence-corrected chi connectivity index (χ2v) is 5.70. The summed E-state index contributed by atoms with van der Waals surface area (Å²) in [6.07, 6.45) is 2.95. The number of benzene rings is 1. The number of nitrogens with zero attached hydrogens (tertiary/aromatic N) is 2. The molecular formula is C16H20N4O3. The number of aromatic nitrogens is 2. The Bertz CT molecular complexity index is 698. The number of hydrogen-bond donors (Lipinski definition) is 2. The Labute approximate surface area is 134 Å². The van der Waals surface area contributed by atoms with Crippen molar-refractivity contribution in [1.82, 2.24) is 15.5 Å². The maximum absolute atomic E-state index is 12.1. The Hall–Kier alpha value is -2.41. The van der Waals surface area contributed by atoms with Gasteiger partial charge in [-0.1, -0.05) is 11.2 Å². The molecule has 0 bridgehead atoms. The summed E-state index contributed by atoms with van der Waals surface area (Å²) >= 11 is 0. The van der Waals surface area contributed by atoms with Crippen molar-refractivity contribution in [3.63, 3.8) is 0 Å². The lowest BCUT2D eigenvalue weighted by Crippen LogP contribution is -2.33. The van der Waals surface area contributed by atoms with Crippen LogP contribution in [0.3, 0.4) is 0 Å². The second-order valence-electron chi connectivity index (χ2n) is 5.70. The Balaban J connectivity index is 1.52. The smallest absolute Gasteiger partial charge is 0.252 e. The molecule has 0 saturated heterocycles. The molecule has 122 valence electrons. The quantitative estimate of drug-likeness (QED) is 0.813. The third kappa shape index (κ3) is 3.87. The number of nitrogen functional groups attached to an aromatic ring is 1. The molecule has 2 aromatic rings. The van der Waals surface area contributed by atoms with E-state index in [2.05, 4.69) is 15.5 Å². The van der Waals surface area contributed by atoms with Crippen molar-refractivity contribution in [2.45, 2.75) is 38.8 Å². The average Bonchev–Trinajstić information content (AvgIpc) is 2.92. The number of fused-ring (bicyclic) bond motifs is 1. The molecule has 1 aliphatic carbocycles. The number of carbonyl (C=O) groups excluding carboxylic acids is 1. The molecule has 23 heavy (non-hydrogen) atoms. The van der Waals surface area contributed by atoms with Gasteiger partial charge in [-0.15, -0.1) is 0 Å². The number of ether oxygens (including phenoxy) is 1. The van der Waals surface area contributed by atoms with Crippen molar-refractivity contribution in [1.29, 1.82) is 0 Å². The Morgan fingerprint density at radius 2 is 2.39 bits per heavy atom. The minimum atomic E-state index is -0.157. The summed E-state index contributed by atoms with van der Waals surface area (Å²) in [7, 11) is 0. The third-order valence-electron chi connectivity index (χ3n) is 3.84. The van der Waals surface area contributed by atoms with E-state index in [1.165, 1.54) is 5.56 Å². The van der Waals surface area contributed by atoms with Gasteiger partial charge in [-0.25, -0.2) is 0 Å². The minimum Gasteiger partial charge on any atom is -0.399 e. The monoisotopic (exact) mass is 316 g/mol. The molecule has 0 spiro atoms. The van der Waals surface area contributed by atoms with E-state index in [0.29, 0.717) is 11.7 Å². The predicted molar refractivity (Wildman–Crippen MR) is 83.4 cm³/mol. The third-order valence-corrected chi connectivity index (χ3v) is 3.84. The lowest BCUT2D eigenvalue weighted by atomic mass is 9.87. The molecule has 0 radical (unpaired) electrons. The van der Waals surface area contributed by atoms with Crippen LogP contribution in [0.15, 0.2) is 22.7 Å². The van der Waals surface area contributed by atoms with Crippen LogP contribution in [0, 0.1) is 6.92 Å². The van der Waals surface area contributed by atoms with Crippen molar-refractivity contribution in [3.05, 3.63) is 41.0 Å². The SMILES string of the molecule is Cc1noc(COCC(=O)NC2CCCc3cc(N)ccc32)n1. The fourth-order valence-electron chi connectivity index (χ4n) is 2.85. The molecule has 3 rings (SSSR count). The van der Waals surface area contributed by atoms with Crippen molar-refractivity contribution in [2.24, 2.45) is 0 Å². The molecule has 0 aliphatic heterocycles. The first-order chi connectivity index (χ1) is 11.1. The van der Waals surface area contributed by atoms with Crippen LogP contribution in [0.1, 0.15) is 41.7 Å². The summed E-state index contributed by atoms with van der Waals surface area (Å²) in [5, 5.41) is 6.68. The van der Waals surface area contributed by atoms with Gasteiger partial charge in [0.15, 0.2) is 5.82 Å². The van der Waals surface area contributed by atoms with Crippen LogP contribution >= 0.6 is 0 Å². The van der Waals surface area contributed by atoms with Crippen LogP contribution in [0.2, 0.25) is 0 Å². The van der Waals surface area contributed by atoms with Gasteiger partial charge in [-0.2, -0.15) is 4.98 Å². The zero-order valence-corrected chi connectivity index (χ0v) is 13.0. The normalized spacial score (nSPS) is 16.8. The number of hydrogen-bond acceptors (Lipinski definition) is 6. The first kappa shape index (κ1) is 15.5. The highest BCUT2D eigenvalue weighted by molar-refractivity contribution is 5.77. The number of aryl methyl sites for hydroxylation is 2. The highest BCUT2D eigenvalue weighted by Crippen LogP contribution is 2.30. The fraction of sp³-hybridized carbons (Fsp3) is 0.438. The van der Waals surface area contributed by atoms with Gasteiger partial charge < -0.3 is 20.3 Å². The fourth-order valence-corrected chi connectivity index (χ4v) is 2.85. The summed E-state index contributed by atoms with van der Waals surface area (Å²) in [6.45, 7) is 1.82. The summed E-state index contributed by atoms with van der Waals surface area (Å²) in [5.74, 6) is 0.760. The van der Waals surface area contributed by atoms with E-state index in [9.17, 15) is 4.79 Å². The van der Waals surface area contributed by atoms with Gasteiger partial charge in [-0.3, -0.25) is 4.79 Å². The predicted octanol–water partition coefficient (Wildman–Crippen LogP) is 1.67. The van der Waals surface area contributed by atoms with E-state index in [4.69, 9.17) is 15.0 Å². The molecule has 1 aliphatic rings. The number of carbonyl (C=O) groups is 1. The van der Waals surface area contributed by atoms with Gasteiger partial charge in [0.2, 0.25) is 5.91 Å². The topological polar surface area (TPSA) is 103 Å². The summed E-state index contributed by atoms with van der Waals surface area (Å²) in [6, 6.07) is 5.87. The van der Waals surface area contributed by atoms with Gasteiger partial charge in [0.25, 0.3) is 5.89 Å². The first-order valence-electron chi connectivity index (χ1n) is 7.66. The molecule has 1 aromatic carbocycles. The van der Waals surface area contributed by atoms with Crippen LogP contribution in [0.4, 0.5) is 5.69 Å². The van der Waals surface area contributed by atoms with Gasteiger partial charge in [0, 0.05) is 5.69 Å². The maximum Gasteiger partial charge on any atom is 0.252 e. The van der Waals surface area contributed by atoms with E-state index >= 15 is 0 Å². The van der Waals surface area contributed by atoms with E-state index in [1.54, 1.807) is 6.92 Å². The van der Waals surface area contributed by atoms with E-state index in [1.807, 2.05) is 18.2 Å². The molecule has 7 heteroatoms. The van der Waals surface area contributed by atoms with Gasteiger partial charge >= 0.3 is 0 Å². The Kier molecular flexibility index (Phi) is 4.57. The van der Waals surface area contributed by atoms with Crippen LogP contribution < -0.4 is 11.1 Å². The van der Waals surface area contributed by atoms with Gasteiger partial charge in [0.05, 0.1) is 6.04 Å². The standard InChI is InChI=1S/C16H20N4O3/c1-10-18-16(23-20-10)9-22-8-15(21)19-14-4-2-3-11-7-12(17)5-6-13(11)14/h5-7,14H,2-4,8-9,17H2,1H3,(H,19,21). The van der Waals surface area contributed by atoms with Crippen molar-refractivity contribution >= 4 is 11.6 Å². The van der Waals surface area contributed by atoms with E-state index < -0.39 is 0 Å². The van der Waals surface area contributed by atoms with Crippen LogP contribution in [-0.2, 0) is 22.6 Å². The molecule has 0 saturated carbocycles. The Morgan fingerprint density at radius 1 is 1.52 bits per heavy atom. The molecule has 7 nitrogen and oxygen atoms in total. The number of amides is 1. The lowest BCUT2D eigenvalue weighted by Gasteiger charge is -2.26. The number of rotatable bonds is 5. The second kappa shape index (κ2) is 6.78. The summed E-state index contributed by atoms with van der Waals surface area (Å²) in [4.78, 5) is 16.1. The number of nitrogens with two attached hydrogens (primary N) is 1. The van der Waals surface area contributed by atoms with Crippen molar-refractivity contribution < 1.29 is 14.1 Å². The van der Waals surface area contributed by atoms with Crippen LogP contribution in [0.5, 0.6) is 0 Å². The average molecular weight is 316 g/mol. The van der Waals surface area contributed by atoms with Gasteiger partial charge in [-0.05, 0) is 49.4 Å². The summed E-state index contributed by atoms with van der Waals surface area (Å²) < 4.78 is 10.2. The lowest BCUT2D eigenvalue weighted by molar-refractivity contribution is -0.127. The molecule has 0 fully saturated rings. The van der Waals surface area contributed by atoms with E-state index in [-0.39, 0.29) is 25.2 Å². The maximum atomic E-state index is 12.1. The van der Waals surface area contributed by atoms with Gasteiger partial charge in [0.1, 0.15) is 13.2 Å². The van der Waals surface area contributed by atoms with E-state index in [0.717, 1.165) is 30.5 Å². The van der Waals surface area contributed by atoms with Crippen LogP contribution in [0.25, 0.3) is 0 Å². The first-order valence-corrected chi connectivity index (χ1v) is 7.66. The van der Waals surface area contributed by atoms with Crippen molar-refractivity contribution in [2.75, 3.05) is 12.3 Å². The van der Waals surface area contributed by atoms with Crippen molar-refractivity contribution in [3.8, 4) is 0 Å². The molecule has 1 aromatic heterocycles. The highest BCUT2D eigenvalue weighted by Gasteiger charge is 2.21. The molecule has 1 amide bonds. The zero-order valence-electron chi connectivity index (χ0n) is 13.0. The molecular weight excluding hydrogens is 296 g/mol. The largest absolute Gasteiger partial charge is 0.399 e. The minimum absolute atomic E-state index is 0.0149.